The highest BCUT2D eigenvalue weighted by Crippen LogP contribution is 2.42. The number of aliphatic hydroxyl groups is 3. The minimum Gasteiger partial charge on any atom is -0.388 e. The molecule has 4 aromatic heterocycles. The molecule has 3 N–H and O–H groups in total. The monoisotopic (exact) mass is 1210 g/mol. The van der Waals surface area contributed by atoms with Crippen molar-refractivity contribution in [1.82, 2.24) is 34.3 Å². The molecule has 12 rings (SSSR count). The van der Waals surface area contributed by atoms with Crippen LogP contribution in [-0.2, 0) is 12.4 Å². The maximum absolute atomic E-state index is 13.5. The summed E-state index contributed by atoms with van der Waals surface area (Å²) < 4.78 is 85.4. The summed E-state index contributed by atoms with van der Waals surface area (Å²) in [5.41, 5.74) is 13.4. The minimum absolute atomic E-state index is 0.261. The molecule has 0 atom stereocenters. The van der Waals surface area contributed by atoms with Gasteiger partial charge < -0.3 is 15.3 Å². The van der Waals surface area contributed by atoms with Gasteiger partial charge in [-0.15, -0.1) is 0 Å². The van der Waals surface area contributed by atoms with E-state index in [2.05, 4.69) is 58.3 Å². The van der Waals surface area contributed by atoms with E-state index in [0.29, 0.717) is 40.5 Å². The van der Waals surface area contributed by atoms with E-state index in [9.17, 15) is 40.7 Å². The molecule has 0 unspecified atom stereocenters. The van der Waals surface area contributed by atoms with E-state index in [0.717, 1.165) is 68.2 Å². The molecule has 0 radical (unpaired) electrons. The van der Waals surface area contributed by atoms with E-state index in [1.807, 2.05) is 85.3 Å². The summed E-state index contributed by atoms with van der Waals surface area (Å²) in [5, 5.41) is 39.5. The Balaban J connectivity index is 0.000000148. The molecule has 0 bridgehead atoms. The highest BCUT2D eigenvalue weighted by atomic mass is 19.4. The van der Waals surface area contributed by atoms with Crippen molar-refractivity contribution >= 4 is 29.1 Å². The Morgan fingerprint density at radius 1 is 0.461 bits per heavy atom. The van der Waals surface area contributed by atoms with Crippen molar-refractivity contribution < 1.29 is 56.0 Å². The lowest BCUT2D eigenvalue weighted by Gasteiger charge is -2.12. The number of hydrogen-bond acceptors (Lipinski definition) is 11. The molecule has 452 valence electrons. The van der Waals surface area contributed by atoms with Gasteiger partial charge in [-0.25, -0.2) is 14.0 Å². The molecule has 1 fully saturated rings. The van der Waals surface area contributed by atoms with Crippen molar-refractivity contribution in [3.05, 3.63) is 238 Å². The molecule has 20 heteroatoms. The van der Waals surface area contributed by atoms with Gasteiger partial charge in [0.25, 0.3) is 0 Å². The topological polar surface area (TPSA) is 191 Å². The number of ketones is 3. The van der Waals surface area contributed by atoms with E-state index in [-0.39, 0.29) is 28.3 Å². The van der Waals surface area contributed by atoms with Gasteiger partial charge in [-0.3, -0.25) is 24.4 Å². The highest BCUT2D eigenvalue weighted by Gasteiger charge is 2.37. The molecule has 89 heavy (non-hydrogen) atoms. The normalized spacial score (nSPS) is 12.9. The lowest BCUT2D eigenvalue weighted by Crippen LogP contribution is -2.08. The predicted molar refractivity (Wildman–Crippen MR) is 327 cm³/mol. The number of aliphatic imine (C=N–C) groups is 1. The van der Waals surface area contributed by atoms with Gasteiger partial charge in [-0.05, 0) is 212 Å². The van der Waals surface area contributed by atoms with Gasteiger partial charge in [0.1, 0.15) is 19.8 Å². The van der Waals surface area contributed by atoms with Crippen LogP contribution in [0.25, 0.3) is 67.5 Å². The van der Waals surface area contributed by atoms with Crippen molar-refractivity contribution in [3.63, 3.8) is 0 Å². The number of halogens is 6. The molecule has 10 aromatic rings. The van der Waals surface area contributed by atoms with Crippen LogP contribution in [0, 0.1) is 27.7 Å². The average molecular weight is 1210 g/mol. The summed E-state index contributed by atoms with van der Waals surface area (Å²) in [6, 6.07) is 44.6. The van der Waals surface area contributed by atoms with Crippen molar-refractivity contribution in [1.29, 1.82) is 0 Å². The van der Waals surface area contributed by atoms with Crippen molar-refractivity contribution in [3.8, 4) is 62.0 Å². The Morgan fingerprint density at radius 2 is 0.888 bits per heavy atom. The lowest BCUT2D eigenvalue weighted by atomic mass is 9.98. The van der Waals surface area contributed by atoms with Crippen LogP contribution < -0.4 is 0 Å². The SMILES string of the molecule is Cc1ccc(-c2cc(C3CC3)nn2-c2ccc(C(=O)CO)cc2)cc1C.Cc1ccc(-c2ccncc2)cc1-c1cc(C(F)(F)F)nn1-c1ccc(C(=O)CO)cc1.Cc1ccc(C2=CC=NC2)cc1-c1cc(C(F)(F)F)nn1-c1ccc(C(=O)CO)cc1. The maximum atomic E-state index is 13.5. The van der Waals surface area contributed by atoms with E-state index < -0.39 is 55.1 Å². The van der Waals surface area contributed by atoms with Crippen LogP contribution in [0.4, 0.5) is 26.3 Å². The summed E-state index contributed by atoms with van der Waals surface area (Å²) in [5.74, 6) is -0.658. The number of aliphatic hydroxyl groups excluding tert-OH is 3. The first-order valence-corrected chi connectivity index (χ1v) is 28.2. The van der Waals surface area contributed by atoms with Crippen LogP contribution in [0.2, 0.25) is 0 Å². The molecule has 5 heterocycles. The Morgan fingerprint density at radius 3 is 1.30 bits per heavy atom. The Kier molecular flexibility index (Phi) is 18.2. The second-order valence-electron chi connectivity index (χ2n) is 21.4. The maximum Gasteiger partial charge on any atom is 0.435 e. The van der Waals surface area contributed by atoms with E-state index in [4.69, 9.17) is 20.4 Å². The van der Waals surface area contributed by atoms with Gasteiger partial charge in [-0.1, -0.05) is 36.4 Å². The van der Waals surface area contributed by atoms with Crippen molar-refractivity contribution in [2.45, 2.75) is 58.8 Å². The average Bonchev–Trinajstić information content (AvgIpc) is 1.76. The summed E-state index contributed by atoms with van der Waals surface area (Å²) in [6.07, 6.45) is 0.0518. The fraction of sp³-hybridized carbons (Fsp3) is 0.188. The van der Waals surface area contributed by atoms with Crippen molar-refractivity contribution in [2.24, 2.45) is 4.99 Å². The number of carbonyl (C=O) groups excluding carboxylic acids is 3. The molecule has 1 aliphatic carbocycles. The largest absolute Gasteiger partial charge is 0.435 e. The van der Waals surface area contributed by atoms with Crippen LogP contribution in [0.15, 0.2) is 181 Å². The number of nitrogens with zero attached hydrogens (tertiary/aromatic N) is 8. The van der Waals surface area contributed by atoms with Crippen LogP contribution >= 0.6 is 0 Å². The number of benzene rings is 6. The molecule has 0 spiro atoms. The van der Waals surface area contributed by atoms with Crippen LogP contribution in [0.3, 0.4) is 0 Å². The number of carbonyl (C=O) groups is 3. The second kappa shape index (κ2) is 26.1. The molecule has 6 aromatic carbocycles. The van der Waals surface area contributed by atoms with Crippen LogP contribution in [-0.4, -0.2) is 99.6 Å². The predicted octanol–water partition coefficient (Wildman–Crippen LogP) is 13.8. The smallest absolute Gasteiger partial charge is 0.388 e. The fourth-order valence-corrected chi connectivity index (χ4v) is 9.99. The van der Waals surface area contributed by atoms with Crippen LogP contribution in [0.5, 0.6) is 0 Å². The van der Waals surface area contributed by atoms with Crippen molar-refractivity contribution in [2.75, 3.05) is 26.4 Å². The second-order valence-corrected chi connectivity index (χ2v) is 21.4. The summed E-state index contributed by atoms with van der Waals surface area (Å²) in [4.78, 5) is 43.1. The number of alkyl halides is 6. The third-order valence-electron chi connectivity index (χ3n) is 15.3. The standard InChI is InChI=1S/C24H18F3N3O2.C23H18F3N3O2.C22H22N2O2/c1-15-2-3-18(16-8-10-28-11-9-16)12-20(15)21-13-23(24(25,26)27)29-30(21)19-6-4-17(5-7-19)22(32)14-31;1-14-2-3-16(17-8-9-27-12-17)10-19(14)20-11-22(23(24,25)26)28-29(20)18-6-4-15(5-7-18)21(31)13-30;1-14-3-4-18(11-15(14)2)21-12-20(16-5-6-16)23-24(21)19-9-7-17(8-10-19)22(26)13-25/h2-13,31H,14H2,1H3;2-11,30H,12-13H2,1H3;3-4,7-12,16,25H,5-6,13H2,1-2H3. The number of aromatic nitrogens is 7. The first-order chi connectivity index (χ1) is 42.6. The third-order valence-corrected chi connectivity index (χ3v) is 15.3. The molecular weight excluding hydrogens is 1150 g/mol. The first-order valence-electron chi connectivity index (χ1n) is 28.2. The zero-order valence-corrected chi connectivity index (χ0v) is 48.6. The van der Waals surface area contributed by atoms with Crippen LogP contribution in [0.1, 0.15) is 94.7 Å². The number of Topliss-reactive ketones (excluding diaryl/α,β-unsaturated/α-hetero) is 3. The van der Waals surface area contributed by atoms with Gasteiger partial charge in [0.05, 0.1) is 46.4 Å². The number of aryl methyl sites for hydroxylation is 4. The molecule has 0 saturated heterocycles. The van der Waals surface area contributed by atoms with E-state index in [1.165, 1.54) is 81.9 Å². The molecule has 14 nitrogen and oxygen atoms in total. The highest BCUT2D eigenvalue weighted by molar-refractivity contribution is 5.98. The Hall–Kier alpha value is -10.0. The molecule has 0 amide bonds. The van der Waals surface area contributed by atoms with E-state index >= 15 is 0 Å². The zero-order chi connectivity index (χ0) is 63.3. The van der Waals surface area contributed by atoms with Gasteiger partial charge in [0.2, 0.25) is 0 Å². The lowest BCUT2D eigenvalue weighted by molar-refractivity contribution is -0.142. The number of pyridine rings is 1. The first kappa shape index (κ1) is 62.0. The Labute approximate surface area is 507 Å². The summed E-state index contributed by atoms with van der Waals surface area (Å²) in [7, 11) is 0. The number of rotatable bonds is 15. The van der Waals surface area contributed by atoms with Gasteiger partial charge >= 0.3 is 12.4 Å². The summed E-state index contributed by atoms with van der Waals surface area (Å²) in [6.45, 7) is 6.64. The third kappa shape index (κ3) is 14.1. The minimum atomic E-state index is -4.62. The van der Waals surface area contributed by atoms with Gasteiger partial charge in [-0.2, -0.15) is 41.6 Å². The van der Waals surface area contributed by atoms with E-state index in [1.54, 1.807) is 30.7 Å². The Bertz CT molecular complexity index is 4310. The molecule has 1 saturated carbocycles. The summed E-state index contributed by atoms with van der Waals surface area (Å²) >= 11 is 0. The molecular formula is C69H58F6N8O6. The molecule has 2 aliphatic rings. The fourth-order valence-electron chi connectivity index (χ4n) is 9.99. The number of allylic oxidation sites excluding steroid dienone is 1. The quantitative estimate of drug-likeness (QED) is 0.0658. The number of hydrogen-bond donors (Lipinski definition) is 3. The van der Waals surface area contributed by atoms with Gasteiger partial charge in [0.15, 0.2) is 28.7 Å². The molecule has 1 aliphatic heterocycles. The van der Waals surface area contributed by atoms with Gasteiger partial charge in [0, 0.05) is 57.9 Å². The zero-order valence-electron chi connectivity index (χ0n) is 48.6.